The average Bonchev–Trinajstić information content (AvgIpc) is 2.91. The number of ketones is 4. The zero-order valence-electron chi connectivity index (χ0n) is 23.6. The van der Waals surface area contributed by atoms with E-state index < -0.39 is 82.2 Å². The molecule has 11 heteroatoms. The third kappa shape index (κ3) is 4.45. The van der Waals surface area contributed by atoms with E-state index >= 15 is 0 Å². The lowest BCUT2D eigenvalue weighted by atomic mass is 9.50. The first kappa shape index (κ1) is 29.5. The van der Waals surface area contributed by atoms with Crippen molar-refractivity contribution in [2.45, 2.75) is 63.1 Å². The molecule has 1 saturated heterocycles. The molecule has 2 unspecified atom stereocenters. The molecule has 1 aromatic rings. The number of phenols is 1. The van der Waals surface area contributed by atoms with Crippen LogP contribution in [-0.2, 0) is 29.3 Å². The number of benzene rings is 1. The van der Waals surface area contributed by atoms with Gasteiger partial charge in [0.1, 0.15) is 5.75 Å². The number of phenolic OH excluding ortho intramolecular Hbond substituents is 1. The van der Waals surface area contributed by atoms with Crippen molar-refractivity contribution in [3.05, 3.63) is 28.8 Å². The van der Waals surface area contributed by atoms with Crippen molar-refractivity contribution in [2.24, 2.45) is 29.4 Å². The van der Waals surface area contributed by atoms with Gasteiger partial charge in [-0.05, 0) is 36.3 Å². The van der Waals surface area contributed by atoms with Crippen LogP contribution in [0.1, 0.15) is 67.4 Å². The molecule has 2 saturated carbocycles. The number of aliphatic hydroxyl groups is 2. The van der Waals surface area contributed by atoms with Crippen molar-refractivity contribution in [1.29, 1.82) is 0 Å². The molecule has 1 heterocycles. The summed E-state index contributed by atoms with van der Waals surface area (Å²) < 4.78 is 5.40. The normalized spacial score (nSPS) is 34.2. The van der Waals surface area contributed by atoms with E-state index in [0.29, 0.717) is 30.8 Å². The Morgan fingerprint density at radius 3 is 2.44 bits per heavy atom. The van der Waals surface area contributed by atoms with E-state index in [4.69, 9.17) is 10.5 Å². The number of Topliss-reactive ketones (excluding diaryl/α,β-unsaturated/α-hetero) is 4. The van der Waals surface area contributed by atoms with Gasteiger partial charge in [0.05, 0.1) is 30.8 Å². The van der Waals surface area contributed by atoms with Crippen LogP contribution in [0.4, 0.5) is 0 Å². The van der Waals surface area contributed by atoms with Crippen molar-refractivity contribution >= 4 is 29.0 Å². The summed E-state index contributed by atoms with van der Waals surface area (Å²) >= 11 is 0. The fraction of sp³-hybridized carbons (Fsp3) is 0.633. The highest BCUT2D eigenvalue weighted by Gasteiger charge is 2.69. The number of fused-ring (bicyclic) bond motifs is 3. The minimum absolute atomic E-state index is 0.0640. The predicted molar refractivity (Wildman–Crippen MR) is 144 cm³/mol. The third-order valence-corrected chi connectivity index (χ3v) is 9.97. The Morgan fingerprint density at radius 2 is 1.80 bits per heavy atom. The number of amides is 1. The topological polar surface area (TPSA) is 185 Å². The maximum absolute atomic E-state index is 14.0. The summed E-state index contributed by atoms with van der Waals surface area (Å²) in [6, 6.07) is 3.50. The molecule has 1 amide bonds. The van der Waals surface area contributed by atoms with Crippen molar-refractivity contribution < 1.29 is 44.0 Å². The monoisotopic (exact) mass is 570 g/mol. The first-order valence-corrected chi connectivity index (χ1v) is 14.2. The number of hydrogen-bond acceptors (Lipinski definition) is 10. The molecule has 0 radical (unpaired) electrons. The lowest BCUT2D eigenvalue weighted by Gasteiger charge is -2.53. The minimum Gasteiger partial charge on any atom is -0.507 e. The quantitative estimate of drug-likeness (QED) is 0.346. The van der Waals surface area contributed by atoms with Crippen LogP contribution >= 0.6 is 0 Å². The van der Waals surface area contributed by atoms with Crippen LogP contribution < -0.4 is 5.73 Å². The van der Waals surface area contributed by atoms with Crippen molar-refractivity contribution in [3.8, 4) is 5.75 Å². The van der Waals surface area contributed by atoms with Gasteiger partial charge in [-0.25, -0.2) is 0 Å². The molecule has 0 aromatic heterocycles. The first-order chi connectivity index (χ1) is 19.2. The van der Waals surface area contributed by atoms with Gasteiger partial charge < -0.3 is 25.8 Å². The molecule has 41 heavy (non-hydrogen) atoms. The lowest BCUT2D eigenvalue weighted by molar-refractivity contribution is -0.189. The Morgan fingerprint density at radius 1 is 1.15 bits per heavy atom. The van der Waals surface area contributed by atoms with E-state index in [1.54, 1.807) is 19.1 Å². The van der Waals surface area contributed by atoms with Gasteiger partial charge in [0, 0.05) is 36.9 Å². The fourth-order valence-corrected chi connectivity index (χ4v) is 7.60. The number of primary amides is 1. The van der Waals surface area contributed by atoms with Gasteiger partial charge in [0.15, 0.2) is 34.7 Å². The molecule has 0 spiro atoms. The Hall–Kier alpha value is -2.99. The third-order valence-electron chi connectivity index (χ3n) is 9.97. The van der Waals surface area contributed by atoms with E-state index in [0.717, 1.165) is 26.1 Å². The van der Waals surface area contributed by atoms with Crippen LogP contribution in [0, 0.1) is 23.7 Å². The van der Waals surface area contributed by atoms with Crippen molar-refractivity contribution in [2.75, 3.05) is 32.8 Å². The second-order valence-electron chi connectivity index (χ2n) is 12.7. The Bertz CT molecular complexity index is 1320. The average molecular weight is 571 g/mol. The number of rotatable bonds is 6. The summed E-state index contributed by atoms with van der Waals surface area (Å²) in [5.74, 6) is -12.7. The van der Waals surface area contributed by atoms with Crippen LogP contribution in [0.3, 0.4) is 0 Å². The highest BCUT2D eigenvalue weighted by molar-refractivity contribution is 6.31. The highest BCUT2D eigenvalue weighted by Crippen LogP contribution is 2.54. The van der Waals surface area contributed by atoms with Gasteiger partial charge in [-0.2, -0.15) is 0 Å². The molecule has 1 aliphatic heterocycles. The van der Waals surface area contributed by atoms with Gasteiger partial charge >= 0.3 is 0 Å². The van der Waals surface area contributed by atoms with Crippen molar-refractivity contribution in [3.63, 3.8) is 0 Å². The Balaban J connectivity index is 1.49. The summed E-state index contributed by atoms with van der Waals surface area (Å²) in [6.45, 7) is 9.64. The van der Waals surface area contributed by atoms with Crippen molar-refractivity contribution in [1.82, 2.24) is 4.90 Å². The largest absolute Gasteiger partial charge is 0.507 e. The molecule has 7 atom stereocenters. The fourth-order valence-electron chi connectivity index (χ4n) is 7.60. The van der Waals surface area contributed by atoms with E-state index in [1.165, 1.54) is 0 Å². The van der Waals surface area contributed by atoms with Gasteiger partial charge in [0.2, 0.25) is 5.91 Å². The van der Waals surface area contributed by atoms with Crippen LogP contribution in [0.5, 0.6) is 5.75 Å². The van der Waals surface area contributed by atoms with E-state index in [-0.39, 0.29) is 11.3 Å². The number of carbonyl (C=O) groups excluding carboxylic acids is 5. The molecule has 222 valence electrons. The number of aromatic hydroxyl groups is 1. The van der Waals surface area contributed by atoms with E-state index in [1.807, 2.05) is 13.8 Å². The minimum atomic E-state index is -2.92. The summed E-state index contributed by atoms with van der Waals surface area (Å²) in [5, 5.41) is 34.3. The molecule has 3 aliphatic carbocycles. The van der Waals surface area contributed by atoms with E-state index in [9.17, 15) is 39.3 Å². The van der Waals surface area contributed by atoms with Gasteiger partial charge in [-0.1, -0.05) is 32.9 Å². The summed E-state index contributed by atoms with van der Waals surface area (Å²) in [4.78, 5) is 67.8. The molecular weight excluding hydrogens is 532 g/mol. The zero-order valence-corrected chi connectivity index (χ0v) is 23.6. The second kappa shape index (κ2) is 10.4. The lowest BCUT2D eigenvalue weighted by Crippen LogP contribution is -2.72. The molecule has 3 fully saturated rings. The standard InChI is InChI=1S/C30H38N2O9/c1-14-15-5-6-16(29(2,3)7-4-8-32-9-11-41-12-10-32)23(34)20(15)25(36)22-19(14)24(35)17-13-18(33)21(28(31)39)26(37)30(17,40)27(22)38/h5-6,14,17,19,21-22,24,34-35,40H,4,7-13H2,1-3H3,(H2,31,39)/t14-,17+,19+,21?,22?,24+,30+/m0/s1. The molecule has 1 aromatic carbocycles. The maximum Gasteiger partial charge on any atom is 0.235 e. The SMILES string of the molecule is C[C@H]1c2ccc(C(C)(C)CCCN3CCOCC3)c(O)c2C(=O)C2C(=O)[C@]3(O)C(=O)C(C(N)=O)C(=O)C[C@@H]3[C@@H](O)[C@@H]21. The summed E-state index contributed by atoms with van der Waals surface area (Å²) in [6.07, 6.45) is -0.625. The number of nitrogens with zero attached hydrogens (tertiary/aromatic N) is 1. The smallest absolute Gasteiger partial charge is 0.235 e. The van der Waals surface area contributed by atoms with Crippen LogP contribution in [0.25, 0.3) is 0 Å². The summed E-state index contributed by atoms with van der Waals surface area (Å²) in [7, 11) is 0. The Kier molecular flexibility index (Phi) is 7.47. The molecule has 0 bridgehead atoms. The molecule has 11 nitrogen and oxygen atoms in total. The van der Waals surface area contributed by atoms with Gasteiger partial charge in [-0.3, -0.25) is 28.9 Å². The predicted octanol–water partition coefficient (Wildman–Crippen LogP) is 0.249. The van der Waals surface area contributed by atoms with Crippen LogP contribution in [0.2, 0.25) is 0 Å². The van der Waals surface area contributed by atoms with E-state index in [2.05, 4.69) is 4.90 Å². The van der Waals surface area contributed by atoms with Gasteiger partial charge in [-0.15, -0.1) is 0 Å². The molecular formula is C30H38N2O9. The number of hydrogen-bond donors (Lipinski definition) is 4. The number of nitrogens with two attached hydrogens (primary N) is 1. The second-order valence-corrected chi connectivity index (χ2v) is 12.7. The van der Waals surface area contributed by atoms with Crippen LogP contribution in [0.15, 0.2) is 12.1 Å². The van der Waals surface area contributed by atoms with Crippen LogP contribution in [-0.4, -0.2) is 93.8 Å². The molecule has 5 N–H and O–H groups in total. The number of aliphatic hydroxyl groups excluding tert-OH is 1. The highest BCUT2D eigenvalue weighted by atomic mass is 16.5. The number of carbonyl (C=O) groups is 5. The molecule has 4 aliphatic rings. The maximum atomic E-state index is 14.0. The zero-order chi connectivity index (χ0) is 30.0. The number of morpholine rings is 1. The first-order valence-electron chi connectivity index (χ1n) is 14.2. The Labute approximate surface area is 238 Å². The summed E-state index contributed by atoms with van der Waals surface area (Å²) in [5.41, 5.74) is 2.70. The number of ether oxygens (including phenoxy) is 1. The molecule has 5 rings (SSSR count). The van der Waals surface area contributed by atoms with Gasteiger partial charge in [0.25, 0.3) is 0 Å².